The van der Waals surface area contributed by atoms with Gasteiger partial charge in [-0.05, 0) is 31.8 Å². The summed E-state index contributed by atoms with van der Waals surface area (Å²) in [6.07, 6.45) is 4.06. The fourth-order valence-corrected chi connectivity index (χ4v) is 3.99. The standard InChI is InChI=1S/C18H23N3O4S/c1-23-13-9-15(25-3)14(24-2)8-12(13)17(22)21-18-20-10-16(26-18)11-4-6-19-7-5-11/h8-11,19H,4-7H2,1-3H3,(H,20,21,22). The Balaban J connectivity index is 1.78. The number of piperidine rings is 1. The first kappa shape index (κ1) is 18.5. The fourth-order valence-electron chi connectivity index (χ4n) is 3.01. The number of benzene rings is 1. The van der Waals surface area contributed by atoms with Gasteiger partial charge in [-0.15, -0.1) is 11.3 Å². The van der Waals surface area contributed by atoms with Crippen LogP contribution >= 0.6 is 11.3 Å². The molecule has 0 atom stereocenters. The number of methoxy groups -OCH3 is 3. The van der Waals surface area contributed by atoms with Crippen molar-refractivity contribution >= 4 is 22.4 Å². The van der Waals surface area contributed by atoms with E-state index in [2.05, 4.69) is 15.6 Å². The van der Waals surface area contributed by atoms with Crippen LogP contribution in [-0.4, -0.2) is 45.3 Å². The van der Waals surface area contributed by atoms with Crippen molar-refractivity contribution in [1.29, 1.82) is 0 Å². The Morgan fingerprint density at radius 3 is 2.42 bits per heavy atom. The minimum Gasteiger partial charge on any atom is -0.496 e. The smallest absolute Gasteiger partial charge is 0.261 e. The van der Waals surface area contributed by atoms with E-state index >= 15 is 0 Å². The lowest BCUT2D eigenvalue weighted by atomic mass is 9.97. The van der Waals surface area contributed by atoms with Crippen LogP contribution in [0.5, 0.6) is 17.2 Å². The van der Waals surface area contributed by atoms with E-state index in [4.69, 9.17) is 14.2 Å². The average Bonchev–Trinajstić information content (AvgIpc) is 3.15. The number of nitrogens with one attached hydrogen (secondary N) is 2. The highest BCUT2D eigenvalue weighted by molar-refractivity contribution is 7.15. The fraction of sp³-hybridized carbons (Fsp3) is 0.444. The molecule has 1 aliphatic heterocycles. The van der Waals surface area contributed by atoms with E-state index in [0.29, 0.717) is 33.9 Å². The predicted octanol–water partition coefficient (Wildman–Crippen LogP) is 2.89. The molecule has 8 heteroatoms. The number of thiazole rings is 1. The molecule has 2 heterocycles. The molecule has 0 saturated carbocycles. The number of carbonyl (C=O) groups excluding carboxylic acids is 1. The van der Waals surface area contributed by atoms with Crippen molar-refractivity contribution in [3.8, 4) is 17.2 Å². The second kappa shape index (κ2) is 8.37. The van der Waals surface area contributed by atoms with Crippen LogP contribution in [0.15, 0.2) is 18.3 Å². The first-order valence-corrected chi connectivity index (χ1v) is 9.25. The number of rotatable bonds is 6. The molecule has 2 N–H and O–H groups in total. The van der Waals surface area contributed by atoms with Gasteiger partial charge in [-0.1, -0.05) is 0 Å². The van der Waals surface area contributed by atoms with Gasteiger partial charge in [0.1, 0.15) is 5.75 Å². The highest BCUT2D eigenvalue weighted by Gasteiger charge is 2.21. The van der Waals surface area contributed by atoms with Crippen LogP contribution in [0.4, 0.5) is 5.13 Å². The van der Waals surface area contributed by atoms with Crippen LogP contribution in [0.2, 0.25) is 0 Å². The molecule has 26 heavy (non-hydrogen) atoms. The van der Waals surface area contributed by atoms with Gasteiger partial charge in [0.25, 0.3) is 5.91 Å². The topological polar surface area (TPSA) is 81.7 Å². The Bertz CT molecular complexity index is 772. The number of nitrogens with zero attached hydrogens (tertiary/aromatic N) is 1. The molecule has 1 aliphatic rings. The first-order chi connectivity index (χ1) is 12.7. The zero-order valence-corrected chi connectivity index (χ0v) is 15.9. The van der Waals surface area contributed by atoms with Gasteiger partial charge in [-0.2, -0.15) is 0 Å². The molecule has 1 amide bonds. The largest absolute Gasteiger partial charge is 0.496 e. The third-order valence-corrected chi connectivity index (χ3v) is 5.51. The lowest BCUT2D eigenvalue weighted by Crippen LogP contribution is -2.26. The number of aromatic nitrogens is 1. The van der Waals surface area contributed by atoms with Crippen molar-refractivity contribution in [1.82, 2.24) is 10.3 Å². The summed E-state index contributed by atoms with van der Waals surface area (Å²) in [5.74, 6) is 1.59. The Hall–Kier alpha value is -2.32. The minimum atomic E-state index is -0.297. The van der Waals surface area contributed by atoms with Gasteiger partial charge >= 0.3 is 0 Å². The normalized spacial score (nSPS) is 14.7. The Morgan fingerprint density at radius 1 is 1.12 bits per heavy atom. The van der Waals surface area contributed by atoms with Crippen molar-refractivity contribution in [3.63, 3.8) is 0 Å². The van der Waals surface area contributed by atoms with Crippen molar-refractivity contribution in [3.05, 3.63) is 28.8 Å². The van der Waals surface area contributed by atoms with Gasteiger partial charge in [0.15, 0.2) is 16.6 Å². The second-order valence-electron chi connectivity index (χ2n) is 5.95. The number of ether oxygens (including phenoxy) is 3. The Morgan fingerprint density at radius 2 is 1.77 bits per heavy atom. The van der Waals surface area contributed by atoms with Gasteiger partial charge in [0.05, 0.1) is 26.9 Å². The van der Waals surface area contributed by atoms with Crippen LogP contribution in [0, 0.1) is 0 Å². The number of carbonyl (C=O) groups is 1. The quantitative estimate of drug-likeness (QED) is 0.806. The average molecular weight is 377 g/mol. The molecule has 7 nitrogen and oxygen atoms in total. The van der Waals surface area contributed by atoms with Gasteiger partial charge in [0, 0.05) is 23.2 Å². The van der Waals surface area contributed by atoms with Crippen molar-refractivity contribution < 1.29 is 19.0 Å². The molecule has 1 fully saturated rings. The van der Waals surface area contributed by atoms with Gasteiger partial charge in [-0.25, -0.2) is 4.98 Å². The first-order valence-electron chi connectivity index (χ1n) is 8.44. The maximum Gasteiger partial charge on any atom is 0.261 e. The van der Waals surface area contributed by atoms with Crippen LogP contribution in [-0.2, 0) is 0 Å². The molecule has 0 aliphatic carbocycles. The summed E-state index contributed by atoms with van der Waals surface area (Å²) in [7, 11) is 4.57. The summed E-state index contributed by atoms with van der Waals surface area (Å²) >= 11 is 1.53. The maximum atomic E-state index is 12.7. The third kappa shape index (κ3) is 3.91. The monoisotopic (exact) mass is 377 g/mol. The van der Waals surface area contributed by atoms with Crippen LogP contribution in [0.3, 0.4) is 0 Å². The van der Waals surface area contributed by atoms with Crippen LogP contribution in [0.1, 0.15) is 34.0 Å². The van der Waals surface area contributed by atoms with Crippen molar-refractivity contribution in [2.24, 2.45) is 0 Å². The van der Waals surface area contributed by atoms with Gasteiger partial charge in [0.2, 0.25) is 0 Å². The minimum absolute atomic E-state index is 0.297. The van der Waals surface area contributed by atoms with E-state index in [1.54, 1.807) is 12.1 Å². The van der Waals surface area contributed by atoms with E-state index < -0.39 is 0 Å². The summed E-state index contributed by atoms with van der Waals surface area (Å²) in [6.45, 7) is 2.04. The number of anilines is 1. The Kier molecular flexibility index (Phi) is 5.95. The zero-order chi connectivity index (χ0) is 18.5. The SMILES string of the molecule is COc1cc(OC)c(C(=O)Nc2ncc(C3CCNCC3)s2)cc1OC. The van der Waals surface area contributed by atoms with Crippen LogP contribution in [0.25, 0.3) is 0 Å². The van der Waals surface area contributed by atoms with Gasteiger partial charge in [-0.3, -0.25) is 10.1 Å². The molecular formula is C18H23N3O4S. The van der Waals surface area contributed by atoms with Crippen LogP contribution < -0.4 is 24.8 Å². The van der Waals surface area contributed by atoms with E-state index in [1.807, 2.05) is 6.20 Å². The molecule has 1 aromatic heterocycles. The molecule has 140 valence electrons. The molecule has 0 radical (unpaired) electrons. The highest BCUT2D eigenvalue weighted by Crippen LogP contribution is 2.36. The van der Waals surface area contributed by atoms with Crippen molar-refractivity contribution in [2.75, 3.05) is 39.7 Å². The summed E-state index contributed by atoms with van der Waals surface area (Å²) in [5, 5.41) is 6.80. The number of hydrogen-bond acceptors (Lipinski definition) is 7. The Labute approximate surface area is 156 Å². The molecular weight excluding hydrogens is 354 g/mol. The molecule has 2 aromatic rings. The lowest BCUT2D eigenvalue weighted by molar-refractivity contribution is 0.102. The number of amides is 1. The highest BCUT2D eigenvalue weighted by atomic mass is 32.1. The molecule has 1 aromatic carbocycles. The molecule has 0 unspecified atom stereocenters. The summed E-state index contributed by atoms with van der Waals surface area (Å²) < 4.78 is 15.9. The molecule has 0 bridgehead atoms. The summed E-state index contributed by atoms with van der Waals surface area (Å²) in [6, 6.07) is 3.24. The molecule has 3 rings (SSSR count). The summed E-state index contributed by atoms with van der Waals surface area (Å²) in [5.41, 5.74) is 0.365. The zero-order valence-electron chi connectivity index (χ0n) is 15.1. The van der Waals surface area contributed by atoms with E-state index in [0.717, 1.165) is 25.9 Å². The number of hydrogen-bond donors (Lipinski definition) is 2. The van der Waals surface area contributed by atoms with E-state index in [9.17, 15) is 4.79 Å². The molecule has 0 spiro atoms. The van der Waals surface area contributed by atoms with Gasteiger partial charge < -0.3 is 19.5 Å². The third-order valence-electron chi connectivity index (χ3n) is 4.44. The predicted molar refractivity (Wildman–Crippen MR) is 101 cm³/mol. The van der Waals surface area contributed by atoms with Crippen molar-refractivity contribution in [2.45, 2.75) is 18.8 Å². The summed E-state index contributed by atoms with van der Waals surface area (Å²) in [4.78, 5) is 18.3. The second-order valence-corrected chi connectivity index (χ2v) is 7.02. The van der Waals surface area contributed by atoms with E-state index in [-0.39, 0.29) is 5.91 Å². The van der Waals surface area contributed by atoms with E-state index in [1.165, 1.54) is 37.5 Å². The maximum absolute atomic E-state index is 12.7. The lowest BCUT2D eigenvalue weighted by Gasteiger charge is -2.20. The molecule has 1 saturated heterocycles.